The van der Waals surface area contributed by atoms with Gasteiger partial charge in [0, 0.05) is 19.3 Å². The van der Waals surface area contributed by atoms with E-state index in [1.807, 2.05) is 0 Å². The van der Waals surface area contributed by atoms with Gasteiger partial charge in [-0.2, -0.15) is 0 Å². The molecule has 0 aliphatic carbocycles. The van der Waals surface area contributed by atoms with Gasteiger partial charge in [0.2, 0.25) is 0 Å². The van der Waals surface area contributed by atoms with Gasteiger partial charge in [0.05, 0.1) is 0 Å². The molecule has 0 rings (SSSR count). The molecule has 0 bridgehead atoms. The Balaban J connectivity index is 4.14. The van der Waals surface area contributed by atoms with E-state index < -0.39 is 6.10 Å². The zero-order chi connectivity index (χ0) is 51.4. The summed E-state index contributed by atoms with van der Waals surface area (Å²) in [7, 11) is 0. The van der Waals surface area contributed by atoms with E-state index in [-0.39, 0.29) is 31.1 Å². The standard InChI is InChI=1S/C65H114O6/c1-4-7-10-13-16-19-22-24-25-26-27-28-29-30-31-32-33-34-35-36-37-38-39-41-43-46-49-52-55-58-64(67)70-61-62(60-69-63(66)57-54-51-48-45-42-21-18-15-12-9-6-3)71-65(68)59-56-53-50-47-44-40-23-20-17-14-11-8-5-2/h7,10,15-16,18-20,23-25,27-28,62H,4-6,8-9,11-14,17,21-22,26,29-61H2,1-3H3/b10-7-,18-15-,19-16-,23-20-,25-24-,28-27-. The van der Waals surface area contributed by atoms with Gasteiger partial charge in [-0.25, -0.2) is 0 Å². The molecule has 0 N–H and O–H groups in total. The molecule has 0 saturated heterocycles. The van der Waals surface area contributed by atoms with Gasteiger partial charge >= 0.3 is 17.9 Å². The number of hydrogen-bond donors (Lipinski definition) is 0. The Labute approximate surface area is 440 Å². The van der Waals surface area contributed by atoms with E-state index in [1.54, 1.807) is 0 Å². The van der Waals surface area contributed by atoms with Crippen LogP contribution in [0.15, 0.2) is 72.9 Å². The summed E-state index contributed by atoms with van der Waals surface area (Å²) in [5.41, 5.74) is 0. The zero-order valence-electron chi connectivity index (χ0n) is 47.0. The van der Waals surface area contributed by atoms with Gasteiger partial charge in [-0.3, -0.25) is 14.4 Å². The molecule has 71 heavy (non-hydrogen) atoms. The van der Waals surface area contributed by atoms with Crippen molar-refractivity contribution in [3.05, 3.63) is 72.9 Å². The smallest absolute Gasteiger partial charge is 0.306 e. The molecule has 0 fully saturated rings. The van der Waals surface area contributed by atoms with E-state index in [2.05, 4.69) is 93.7 Å². The minimum atomic E-state index is -0.780. The van der Waals surface area contributed by atoms with Crippen molar-refractivity contribution in [3.63, 3.8) is 0 Å². The molecule has 6 heteroatoms. The second-order valence-corrected chi connectivity index (χ2v) is 20.2. The van der Waals surface area contributed by atoms with E-state index in [9.17, 15) is 14.4 Å². The predicted molar refractivity (Wildman–Crippen MR) is 307 cm³/mol. The van der Waals surface area contributed by atoms with Crippen LogP contribution < -0.4 is 0 Å². The third-order valence-corrected chi connectivity index (χ3v) is 13.2. The molecule has 0 saturated carbocycles. The number of esters is 3. The average Bonchev–Trinajstić information content (AvgIpc) is 3.37. The molecule has 0 aromatic carbocycles. The predicted octanol–water partition coefficient (Wildman–Crippen LogP) is 20.5. The maximum Gasteiger partial charge on any atom is 0.306 e. The van der Waals surface area contributed by atoms with Crippen LogP contribution in [-0.4, -0.2) is 37.2 Å². The molecule has 0 heterocycles. The number of rotatable bonds is 55. The molecular weight excluding hydrogens is 877 g/mol. The monoisotopic (exact) mass is 991 g/mol. The molecule has 0 aliphatic rings. The first-order chi connectivity index (χ1) is 35.0. The van der Waals surface area contributed by atoms with Crippen LogP contribution in [0.5, 0.6) is 0 Å². The summed E-state index contributed by atoms with van der Waals surface area (Å²) >= 11 is 0. The Morgan fingerprint density at radius 2 is 0.563 bits per heavy atom. The highest BCUT2D eigenvalue weighted by Gasteiger charge is 2.19. The average molecular weight is 992 g/mol. The third-order valence-electron chi connectivity index (χ3n) is 13.2. The number of allylic oxidation sites excluding steroid dienone is 12. The van der Waals surface area contributed by atoms with Gasteiger partial charge in [-0.15, -0.1) is 0 Å². The van der Waals surface area contributed by atoms with E-state index in [0.29, 0.717) is 19.3 Å². The van der Waals surface area contributed by atoms with Crippen molar-refractivity contribution in [2.24, 2.45) is 0 Å². The van der Waals surface area contributed by atoms with Crippen molar-refractivity contribution >= 4 is 17.9 Å². The van der Waals surface area contributed by atoms with Gasteiger partial charge in [-0.1, -0.05) is 254 Å². The molecule has 0 aliphatic heterocycles. The first kappa shape index (κ1) is 67.8. The van der Waals surface area contributed by atoms with E-state index >= 15 is 0 Å². The molecule has 0 amide bonds. The molecule has 0 spiro atoms. The molecule has 6 nitrogen and oxygen atoms in total. The van der Waals surface area contributed by atoms with E-state index in [0.717, 1.165) is 103 Å². The van der Waals surface area contributed by atoms with Crippen LogP contribution >= 0.6 is 0 Å². The van der Waals surface area contributed by atoms with Gasteiger partial charge in [-0.05, 0) is 103 Å². The number of unbranched alkanes of at least 4 members (excludes halogenated alkanes) is 32. The van der Waals surface area contributed by atoms with E-state index in [4.69, 9.17) is 14.2 Å². The highest BCUT2D eigenvalue weighted by atomic mass is 16.6. The van der Waals surface area contributed by atoms with Crippen LogP contribution in [0.2, 0.25) is 0 Å². The lowest BCUT2D eigenvalue weighted by atomic mass is 10.0. The lowest BCUT2D eigenvalue weighted by Gasteiger charge is -2.18. The summed E-state index contributed by atoms with van der Waals surface area (Å²) in [6, 6.07) is 0. The number of carbonyl (C=O) groups excluding carboxylic acids is 3. The van der Waals surface area contributed by atoms with Crippen molar-refractivity contribution in [3.8, 4) is 0 Å². The molecule has 1 atom stereocenters. The second kappa shape index (κ2) is 59.4. The Kier molecular flexibility index (Phi) is 56.8. The normalized spacial score (nSPS) is 12.5. The highest BCUT2D eigenvalue weighted by molar-refractivity contribution is 5.71. The van der Waals surface area contributed by atoms with Crippen LogP contribution in [0.1, 0.15) is 303 Å². The lowest BCUT2D eigenvalue weighted by Crippen LogP contribution is -2.30. The molecule has 0 aromatic rings. The molecule has 0 aromatic heterocycles. The summed E-state index contributed by atoms with van der Waals surface area (Å²) < 4.78 is 16.8. The summed E-state index contributed by atoms with van der Waals surface area (Å²) in [4.78, 5) is 38.1. The SMILES string of the molecule is CC/C=C\C/C=C\C/C=C\C/C=C\CCCCCCCCCCCCCCCCCCC(=O)OCC(COC(=O)CCCCCCC/C=C\CCCC)OC(=O)CCCCCCC/C=C\CCCCCC. The quantitative estimate of drug-likeness (QED) is 0.0261. The molecule has 1 unspecified atom stereocenters. The minimum Gasteiger partial charge on any atom is -0.462 e. The maximum absolute atomic E-state index is 12.8. The fourth-order valence-electron chi connectivity index (χ4n) is 8.59. The van der Waals surface area contributed by atoms with Gasteiger partial charge in [0.25, 0.3) is 0 Å². The second-order valence-electron chi connectivity index (χ2n) is 20.2. The Hall–Kier alpha value is -3.15. The Bertz CT molecular complexity index is 1320. The van der Waals surface area contributed by atoms with Crippen LogP contribution in [0.4, 0.5) is 0 Å². The fraction of sp³-hybridized carbons (Fsp3) is 0.769. The van der Waals surface area contributed by atoms with Crippen molar-refractivity contribution in [2.75, 3.05) is 13.2 Å². The van der Waals surface area contributed by atoms with Crippen LogP contribution in [-0.2, 0) is 28.6 Å². The van der Waals surface area contributed by atoms with Gasteiger partial charge in [0.15, 0.2) is 6.10 Å². The third kappa shape index (κ3) is 57.6. The molecule has 0 radical (unpaired) electrons. The largest absolute Gasteiger partial charge is 0.462 e. The van der Waals surface area contributed by atoms with Gasteiger partial charge < -0.3 is 14.2 Å². The summed E-state index contributed by atoms with van der Waals surface area (Å²) in [6.45, 7) is 6.48. The number of ether oxygens (including phenoxy) is 3. The fourth-order valence-corrected chi connectivity index (χ4v) is 8.59. The number of carbonyl (C=O) groups is 3. The summed E-state index contributed by atoms with van der Waals surface area (Å²) in [5.74, 6) is -0.888. The summed E-state index contributed by atoms with van der Waals surface area (Å²) in [6.07, 6.45) is 76.3. The first-order valence-corrected chi connectivity index (χ1v) is 30.4. The topological polar surface area (TPSA) is 78.9 Å². The molecular formula is C65H114O6. The van der Waals surface area contributed by atoms with Crippen LogP contribution in [0.3, 0.4) is 0 Å². The lowest BCUT2D eigenvalue weighted by molar-refractivity contribution is -0.167. The first-order valence-electron chi connectivity index (χ1n) is 30.4. The highest BCUT2D eigenvalue weighted by Crippen LogP contribution is 2.16. The van der Waals surface area contributed by atoms with Crippen molar-refractivity contribution in [2.45, 2.75) is 309 Å². The minimum absolute atomic E-state index is 0.0787. The van der Waals surface area contributed by atoms with Crippen molar-refractivity contribution < 1.29 is 28.6 Å². The van der Waals surface area contributed by atoms with Crippen LogP contribution in [0.25, 0.3) is 0 Å². The summed E-state index contributed by atoms with van der Waals surface area (Å²) in [5, 5.41) is 0. The Morgan fingerprint density at radius 3 is 0.915 bits per heavy atom. The number of hydrogen-bond acceptors (Lipinski definition) is 6. The maximum atomic E-state index is 12.8. The van der Waals surface area contributed by atoms with Crippen molar-refractivity contribution in [1.29, 1.82) is 0 Å². The van der Waals surface area contributed by atoms with Crippen LogP contribution in [0, 0.1) is 0 Å². The Morgan fingerprint density at radius 1 is 0.296 bits per heavy atom. The van der Waals surface area contributed by atoms with E-state index in [1.165, 1.54) is 161 Å². The van der Waals surface area contributed by atoms with Crippen molar-refractivity contribution in [1.82, 2.24) is 0 Å². The zero-order valence-corrected chi connectivity index (χ0v) is 47.0. The molecule has 410 valence electrons. The van der Waals surface area contributed by atoms with Gasteiger partial charge in [0.1, 0.15) is 13.2 Å².